The van der Waals surface area contributed by atoms with E-state index in [1.54, 1.807) is 0 Å². The van der Waals surface area contributed by atoms with Crippen LogP contribution in [-0.2, 0) is 32.7 Å². The van der Waals surface area contributed by atoms with Gasteiger partial charge in [0.15, 0.2) is 6.10 Å². The lowest BCUT2D eigenvalue weighted by atomic mass is 10.0. The highest BCUT2D eigenvalue weighted by Gasteiger charge is 2.22. The molecule has 0 aromatic rings. The third-order valence-electron chi connectivity index (χ3n) is 19.0. The number of nitrogens with zero attached hydrogens (tertiary/aromatic N) is 1. The van der Waals surface area contributed by atoms with Gasteiger partial charge >= 0.3 is 11.9 Å². The fourth-order valence-electron chi connectivity index (χ4n) is 12.5. The number of quaternary nitrogens is 1. The monoisotopic (exact) mass is 1440 g/mol. The van der Waals surface area contributed by atoms with Crippen LogP contribution in [0.25, 0.3) is 0 Å². The molecule has 0 saturated carbocycles. The number of phosphoric ester groups is 1. The van der Waals surface area contributed by atoms with E-state index in [1.807, 2.05) is 21.1 Å². The van der Waals surface area contributed by atoms with Crippen molar-refractivity contribution in [2.45, 2.75) is 405 Å². The highest BCUT2D eigenvalue weighted by molar-refractivity contribution is 7.45. The Balaban J connectivity index is 3.88. The minimum absolute atomic E-state index is 0.0312. The van der Waals surface area contributed by atoms with Crippen LogP contribution in [0, 0.1) is 0 Å². The van der Waals surface area contributed by atoms with E-state index in [9.17, 15) is 19.0 Å². The number of hydrogen-bond acceptors (Lipinski definition) is 8. The van der Waals surface area contributed by atoms with Gasteiger partial charge in [-0.05, 0) is 103 Å². The van der Waals surface area contributed by atoms with E-state index >= 15 is 0 Å². The summed E-state index contributed by atoms with van der Waals surface area (Å²) < 4.78 is 34.5. The highest BCUT2D eigenvalue weighted by Crippen LogP contribution is 2.38. The van der Waals surface area contributed by atoms with E-state index in [-0.39, 0.29) is 32.0 Å². The predicted octanol–water partition coefficient (Wildman–Crippen LogP) is 28.7. The van der Waals surface area contributed by atoms with Gasteiger partial charge in [-0.15, -0.1) is 0 Å². The molecule has 9 nitrogen and oxygen atoms in total. The number of carbonyl (C=O) groups is 2. The molecule has 0 bridgehead atoms. The van der Waals surface area contributed by atoms with Crippen molar-refractivity contribution in [1.29, 1.82) is 0 Å². The zero-order valence-corrected chi connectivity index (χ0v) is 68.4. The van der Waals surface area contributed by atoms with Gasteiger partial charge in [0.05, 0.1) is 27.7 Å². The molecule has 0 radical (unpaired) electrons. The fraction of sp³-hybridized carbons (Fsp3) is 0.761. The van der Waals surface area contributed by atoms with Crippen LogP contribution in [0.1, 0.15) is 399 Å². The molecule has 0 heterocycles. The zero-order valence-electron chi connectivity index (χ0n) is 67.5. The molecule has 0 saturated heterocycles. The highest BCUT2D eigenvalue weighted by atomic mass is 31.2. The van der Waals surface area contributed by atoms with E-state index in [0.29, 0.717) is 17.4 Å². The van der Waals surface area contributed by atoms with Crippen LogP contribution in [0.4, 0.5) is 0 Å². The Labute approximate surface area is 632 Å². The van der Waals surface area contributed by atoms with Crippen molar-refractivity contribution < 1.29 is 42.1 Å². The molecule has 590 valence electrons. The third-order valence-corrected chi connectivity index (χ3v) is 19.9. The Bertz CT molecular complexity index is 2140. The second-order valence-corrected chi connectivity index (χ2v) is 31.6. The van der Waals surface area contributed by atoms with E-state index in [2.05, 4.69) is 135 Å². The number of ether oxygens (including phenoxy) is 2. The van der Waals surface area contributed by atoms with Gasteiger partial charge in [0, 0.05) is 12.8 Å². The molecular weight excluding hydrogens is 1280 g/mol. The number of allylic oxidation sites excluding steroid dienone is 20. The van der Waals surface area contributed by atoms with Crippen LogP contribution in [0.3, 0.4) is 0 Å². The standard InChI is InChI=1S/C92H164NO8P/c1-6-8-10-12-14-16-18-20-22-24-26-28-30-32-34-36-38-40-42-44-45-46-47-49-50-52-54-56-58-60-62-64-66-68-70-72-74-76-78-80-82-84-91(94)98-88-90(89-100-102(96,97)99-87-86-93(3,4)5)101-92(95)85-83-81-79-77-75-73-71-69-67-65-63-61-59-57-55-53-51-48-43-41-39-37-35-33-31-29-27-25-23-21-19-17-15-13-11-9-7-2/h8-11,14-17,20-23,26-29,33,35,39,41,90H,6-7,12-13,18-19,24-25,30-32,34,36-38,40,42-89H2,1-5H3/b10-8-,11-9-,16-14-,17-15-,22-20-,23-21-,28-26-,29-27-,35-33-,41-39-. The Hall–Kier alpha value is -3.59. The number of unbranched alkanes of at least 4 members (excludes halogenated alkanes) is 46. The van der Waals surface area contributed by atoms with Gasteiger partial charge in [-0.3, -0.25) is 14.2 Å². The second-order valence-electron chi connectivity index (χ2n) is 30.1. The fourth-order valence-corrected chi connectivity index (χ4v) is 13.2. The van der Waals surface area contributed by atoms with Crippen molar-refractivity contribution in [3.8, 4) is 0 Å². The summed E-state index contributed by atoms with van der Waals surface area (Å²) in [6.07, 6.45) is 118. The SMILES string of the molecule is CC/C=C\C/C=C\C/C=C\C/C=C\C/C=C\C/C=C\CCCCCCCCCCCCCCCCCCCCC(=O)OC(COC(=O)CCCCCCCCCCCCCCCCCCCCCCCCCCCCCC/C=C\C/C=C\C/C=C\C/C=C\CC)COP(=O)([O-])OCC[N+](C)(C)C. The summed E-state index contributed by atoms with van der Waals surface area (Å²) in [7, 11) is 1.18. The molecule has 0 amide bonds. The molecule has 2 atom stereocenters. The Morgan fingerprint density at radius 2 is 0.529 bits per heavy atom. The quantitative estimate of drug-likeness (QED) is 0.0195. The molecule has 0 rings (SSSR count). The third kappa shape index (κ3) is 85.3. The Kier molecular flexibility index (Phi) is 78.6. The van der Waals surface area contributed by atoms with Crippen molar-refractivity contribution in [2.75, 3.05) is 47.5 Å². The minimum Gasteiger partial charge on any atom is -0.756 e. The van der Waals surface area contributed by atoms with E-state index in [1.165, 1.54) is 263 Å². The summed E-state index contributed by atoms with van der Waals surface area (Å²) in [6.45, 7) is 4.07. The lowest BCUT2D eigenvalue weighted by molar-refractivity contribution is -0.870. The van der Waals surface area contributed by atoms with Gasteiger partial charge in [-0.1, -0.05) is 405 Å². The first-order valence-corrected chi connectivity index (χ1v) is 44.7. The van der Waals surface area contributed by atoms with Gasteiger partial charge < -0.3 is 27.9 Å². The molecule has 0 aliphatic rings. The molecule has 0 fully saturated rings. The van der Waals surface area contributed by atoms with Crippen LogP contribution < -0.4 is 4.89 Å². The maximum absolute atomic E-state index is 12.9. The smallest absolute Gasteiger partial charge is 0.306 e. The van der Waals surface area contributed by atoms with Gasteiger partial charge in [-0.2, -0.15) is 0 Å². The number of carbonyl (C=O) groups excluding carboxylic acids is 2. The number of hydrogen-bond donors (Lipinski definition) is 0. The van der Waals surface area contributed by atoms with Crippen molar-refractivity contribution in [1.82, 2.24) is 0 Å². The first-order valence-electron chi connectivity index (χ1n) is 43.2. The lowest BCUT2D eigenvalue weighted by Crippen LogP contribution is -2.37. The van der Waals surface area contributed by atoms with Crippen molar-refractivity contribution in [3.63, 3.8) is 0 Å². The lowest BCUT2D eigenvalue weighted by Gasteiger charge is -2.28. The summed E-state index contributed by atoms with van der Waals surface area (Å²) in [5.74, 6) is -0.815. The molecule has 0 aromatic carbocycles. The van der Waals surface area contributed by atoms with E-state index in [0.717, 1.165) is 103 Å². The van der Waals surface area contributed by atoms with E-state index < -0.39 is 26.5 Å². The minimum atomic E-state index is -4.65. The largest absolute Gasteiger partial charge is 0.756 e. The molecule has 0 N–H and O–H groups in total. The first-order chi connectivity index (χ1) is 50.0. The van der Waals surface area contributed by atoms with Crippen LogP contribution in [0.5, 0.6) is 0 Å². The normalized spacial score (nSPS) is 13.6. The van der Waals surface area contributed by atoms with Gasteiger partial charge in [0.2, 0.25) is 0 Å². The van der Waals surface area contributed by atoms with Crippen molar-refractivity contribution >= 4 is 19.8 Å². The summed E-state index contributed by atoms with van der Waals surface area (Å²) in [4.78, 5) is 38.3. The van der Waals surface area contributed by atoms with Crippen LogP contribution in [0.15, 0.2) is 122 Å². The molecule has 0 aromatic heterocycles. The molecule has 0 aliphatic heterocycles. The van der Waals surface area contributed by atoms with Crippen molar-refractivity contribution in [2.24, 2.45) is 0 Å². The summed E-state index contributed by atoms with van der Waals surface area (Å²) in [5.41, 5.74) is 0. The molecule has 0 aliphatic carbocycles. The average molecular weight is 1440 g/mol. The van der Waals surface area contributed by atoms with Crippen LogP contribution in [0.2, 0.25) is 0 Å². The summed E-state index contributed by atoms with van der Waals surface area (Å²) in [5, 5.41) is 0. The Morgan fingerprint density at radius 1 is 0.304 bits per heavy atom. The molecule has 0 spiro atoms. The zero-order chi connectivity index (χ0) is 74.0. The molecule has 2 unspecified atom stereocenters. The maximum atomic E-state index is 12.9. The number of esters is 2. The maximum Gasteiger partial charge on any atom is 0.306 e. The van der Waals surface area contributed by atoms with Gasteiger partial charge in [-0.25, -0.2) is 0 Å². The number of likely N-dealkylation sites (N-methyl/N-ethyl adjacent to an activating group) is 1. The summed E-state index contributed by atoms with van der Waals surface area (Å²) >= 11 is 0. The van der Waals surface area contributed by atoms with E-state index in [4.69, 9.17) is 18.5 Å². The molecule has 102 heavy (non-hydrogen) atoms. The predicted molar refractivity (Wildman–Crippen MR) is 443 cm³/mol. The van der Waals surface area contributed by atoms with Crippen LogP contribution >= 0.6 is 7.82 Å². The van der Waals surface area contributed by atoms with Crippen LogP contribution in [-0.4, -0.2) is 70.0 Å². The molecular formula is C92H164NO8P. The first kappa shape index (κ1) is 98.4. The summed E-state index contributed by atoms with van der Waals surface area (Å²) in [6, 6.07) is 0. The number of rotatable bonds is 80. The number of phosphoric acid groups is 1. The Morgan fingerprint density at radius 3 is 0.784 bits per heavy atom. The molecule has 10 heteroatoms. The topological polar surface area (TPSA) is 111 Å². The van der Waals surface area contributed by atoms with Gasteiger partial charge in [0.25, 0.3) is 7.82 Å². The average Bonchev–Trinajstić information content (AvgIpc) is 0.913. The van der Waals surface area contributed by atoms with Crippen molar-refractivity contribution in [3.05, 3.63) is 122 Å². The van der Waals surface area contributed by atoms with Gasteiger partial charge in [0.1, 0.15) is 19.8 Å². The second kappa shape index (κ2) is 81.5.